The zero-order valence-corrected chi connectivity index (χ0v) is 19.4. The number of ether oxygens (including phenoxy) is 2. The van der Waals surface area contributed by atoms with Crippen molar-refractivity contribution >= 4 is 17.2 Å². The molecule has 4 rings (SSSR count). The Morgan fingerprint density at radius 1 is 1.16 bits per heavy atom. The van der Waals surface area contributed by atoms with E-state index in [2.05, 4.69) is 27.3 Å². The minimum atomic E-state index is -0.141. The van der Waals surface area contributed by atoms with Crippen LogP contribution in [0.5, 0.6) is 5.75 Å². The summed E-state index contributed by atoms with van der Waals surface area (Å²) in [6, 6.07) is 18.2. The summed E-state index contributed by atoms with van der Waals surface area (Å²) in [6.45, 7) is 8.11. The van der Waals surface area contributed by atoms with Crippen LogP contribution < -0.4 is 10.1 Å². The Hall–Kier alpha value is -2.74. The fraction of sp³-hybridized carbons (Fsp3) is 0.360. The van der Waals surface area contributed by atoms with E-state index in [0.717, 1.165) is 39.9 Å². The predicted octanol–water partition coefficient (Wildman–Crippen LogP) is 4.32. The van der Waals surface area contributed by atoms with Gasteiger partial charge in [-0.15, -0.1) is 11.3 Å². The molecule has 7 heteroatoms. The molecule has 32 heavy (non-hydrogen) atoms. The molecular formula is C25H29N3O3S. The molecule has 1 fully saturated rings. The molecule has 1 aromatic heterocycles. The van der Waals surface area contributed by atoms with Gasteiger partial charge in [0.15, 0.2) is 0 Å². The van der Waals surface area contributed by atoms with E-state index in [-0.39, 0.29) is 11.9 Å². The summed E-state index contributed by atoms with van der Waals surface area (Å²) in [5, 5.41) is 4.03. The molecule has 3 aromatic rings. The number of amides is 1. The summed E-state index contributed by atoms with van der Waals surface area (Å²) < 4.78 is 11.1. The normalized spacial score (nSPS) is 15.3. The van der Waals surface area contributed by atoms with Gasteiger partial charge >= 0.3 is 0 Å². The maximum atomic E-state index is 13.2. The standard InChI is InChI=1S/C25H29N3O3S/c1-3-31-21-11-9-19(10-12-21)22(28-13-15-30-16-14-28)17-26-25(29)23-24(32-18(2)27-23)20-7-5-4-6-8-20/h4-12,22H,3,13-17H2,1-2H3,(H,26,29). The van der Waals surface area contributed by atoms with Crippen molar-refractivity contribution < 1.29 is 14.3 Å². The Balaban J connectivity index is 1.52. The van der Waals surface area contributed by atoms with Crippen molar-refractivity contribution in [2.24, 2.45) is 0 Å². The number of nitrogens with one attached hydrogen (secondary N) is 1. The van der Waals surface area contributed by atoms with Gasteiger partial charge in [0.05, 0.1) is 35.7 Å². The number of rotatable bonds is 8. The first-order valence-corrected chi connectivity index (χ1v) is 11.8. The maximum absolute atomic E-state index is 13.2. The monoisotopic (exact) mass is 451 g/mol. The van der Waals surface area contributed by atoms with E-state index in [1.165, 1.54) is 0 Å². The minimum Gasteiger partial charge on any atom is -0.494 e. The molecule has 1 atom stereocenters. The summed E-state index contributed by atoms with van der Waals surface area (Å²) in [6.07, 6.45) is 0. The van der Waals surface area contributed by atoms with E-state index < -0.39 is 0 Å². The number of aromatic nitrogens is 1. The van der Waals surface area contributed by atoms with Gasteiger partial charge in [-0.05, 0) is 37.1 Å². The molecule has 6 nitrogen and oxygen atoms in total. The third kappa shape index (κ3) is 5.35. The van der Waals surface area contributed by atoms with Crippen LogP contribution in [0.15, 0.2) is 54.6 Å². The molecule has 1 unspecified atom stereocenters. The first-order valence-electron chi connectivity index (χ1n) is 11.0. The van der Waals surface area contributed by atoms with Crippen molar-refractivity contribution in [1.29, 1.82) is 0 Å². The zero-order chi connectivity index (χ0) is 22.3. The van der Waals surface area contributed by atoms with Crippen LogP contribution in [0.25, 0.3) is 10.4 Å². The van der Waals surface area contributed by atoms with Crippen LogP contribution in [-0.4, -0.2) is 55.2 Å². The number of morpholine rings is 1. The molecule has 0 aliphatic carbocycles. The summed E-state index contributed by atoms with van der Waals surface area (Å²) in [5.74, 6) is 0.712. The first-order chi connectivity index (χ1) is 15.7. The van der Waals surface area contributed by atoms with E-state index in [1.54, 1.807) is 11.3 Å². The molecule has 1 N–H and O–H groups in total. The Bertz CT molecular complexity index is 1010. The quantitative estimate of drug-likeness (QED) is 0.553. The SMILES string of the molecule is CCOc1ccc(C(CNC(=O)c2nc(C)sc2-c2ccccc2)N2CCOCC2)cc1. The number of nitrogens with zero attached hydrogens (tertiary/aromatic N) is 2. The molecule has 0 bridgehead atoms. The molecule has 1 saturated heterocycles. The number of carbonyl (C=O) groups is 1. The van der Waals surface area contributed by atoms with Crippen LogP contribution in [0, 0.1) is 6.92 Å². The Kier molecular flexibility index (Phi) is 7.52. The second-order valence-electron chi connectivity index (χ2n) is 7.65. The van der Waals surface area contributed by atoms with Crippen molar-refractivity contribution in [2.75, 3.05) is 39.5 Å². The summed E-state index contributed by atoms with van der Waals surface area (Å²) in [5.41, 5.74) is 2.65. The van der Waals surface area contributed by atoms with Gasteiger partial charge in [0.25, 0.3) is 5.91 Å². The Labute approximate surface area is 193 Å². The van der Waals surface area contributed by atoms with Crippen molar-refractivity contribution in [3.8, 4) is 16.2 Å². The van der Waals surface area contributed by atoms with Crippen molar-refractivity contribution in [2.45, 2.75) is 19.9 Å². The second-order valence-corrected chi connectivity index (χ2v) is 8.86. The molecule has 0 radical (unpaired) electrons. The van der Waals surface area contributed by atoms with Gasteiger partial charge in [-0.2, -0.15) is 0 Å². The number of hydrogen-bond acceptors (Lipinski definition) is 6. The van der Waals surface area contributed by atoms with Crippen LogP contribution in [0.3, 0.4) is 0 Å². The lowest BCUT2D eigenvalue weighted by Crippen LogP contribution is -2.43. The fourth-order valence-corrected chi connectivity index (χ4v) is 4.86. The highest BCUT2D eigenvalue weighted by Gasteiger charge is 2.25. The van der Waals surface area contributed by atoms with Gasteiger partial charge in [0.2, 0.25) is 0 Å². The smallest absolute Gasteiger partial charge is 0.271 e. The van der Waals surface area contributed by atoms with E-state index in [0.29, 0.717) is 32.1 Å². The number of benzene rings is 2. The van der Waals surface area contributed by atoms with Crippen molar-refractivity contribution in [1.82, 2.24) is 15.2 Å². The highest BCUT2D eigenvalue weighted by atomic mass is 32.1. The van der Waals surface area contributed by atoms with Gasteiger partial charge in [-0.25, -0.2) is 4.98 Å². The largest absolute Gasteiger partial charge is 0.494 e. The topological polar surface area (TPSA) is 63.7 Å². The van der Waals surface area contributed by atoms with Crippen molar-refractivity contribution in [3.63, 3.8) is 0 Å². The third-order valence-corrected chi connectivity index (χ3v) is 6.52. The van der Waals surface area contributed by atoms with Crippen molar-refractivity contribution in [3.05, 3.63) is 70.9 Å². The van der Waals surface area contributed by atoms with Gasteiger partial charge in [0, 0.05) is 19.6 Å². The molecular weight excluding hydrogens is 422 g/mol. The molecule has 1 amide bonds. The van der Waals surface area contributed by atoms with Crippen LogP contribution >= 0.6 is 11.3 Å². The third-order valence-electron chi connectivity index (χ3n) is 5.50. The molecule has 2 aromatic carbocycles. The molecule has 0 spiro atoms. The summed E-state index contributed by atoms with van der Waals surface area (Å²) in [7, 11) is 0. The van der Waals surface area contributed by atoms with Gasteiger partial charge in [0.1, 0.15) is 11.4 Å². The highest BCUT2D eigenvalue weighted by molar-refractivity contribution is 7.15. The lowest BCUT2D eigenvalue weighted by Gasteiger charge is -2.35. The molecule has 2 heterocycles. The number of hydrogen-bond donors (Lipinski definition) is 1. The van der Waals surface area contributed by atoms with E-state index >= 15 is 0 Å². The van der Waals surface area contributed by atoms with E-state index in [1.807, 2.05) is 56.3 Å². The maximum Gasteiger partial charge on any atom is 0.271 e. The average Bonchev–Trinajstić information content (AvgIpc) is 3.23. The summed E-state index contributed by atoms with van der Waals surface area (Å²) in [4.78, 5) is 21.0. The first kappa shape index (κ1) is 22.5. The number of thiazole rings is 1. The highest BCUT2D eigenvalue weighted by Crippen LogP contribution is 2.30. The molecule has 1 aliphatic rings. The predicted molar refractivity (Wildman–Crippen MR) is 127 cm³/mol. The Morgan fingerprint density at radius 3 is 2.56 bits per heavy atom. The zero-order valence-electron chi connectivity index (χ0n) is 18.5. The number of aryl methyl sites for hydroxylation is 1. The van der Waals surface area contributed by atoms with Crippen LogP contribution in [-0.2, 0) is 4.74 Å². The van der Waals surface area contributed by atoms with E-state index in [9.17, 15) is 4.79 Å². The van der Waals surface area contributed by atoms with Crippen LogP contribution in [0.4, 0.5) is 0 Å². The summed E-state index contributed by atoms with van der Waals surface area (Å²) >= 11 is 1.55. The lowest BCUT2D eigenvalue weighted by molar-refractivity contribution is 0.0162. The van der Waals surface area contributed by atoms with E-state index in [4.69, 9.17) is 9.47 Å². The molecule has 0 saturated carbocycles. The van der Waals surface area contributed by atoms with Gasteiger partial charge in [-0.3, -0.25) is 9.69 Å². The second kappa shape index (κ2) is 10.7. The van der Waals surface area contributed by atoms with Gasteiger partial charge < -0.3 is 14.8 Å². The Morgan fingerprint density at radius 2 is 1.88 bits per heavy atom. The average molecular weight is 452 g/mol. The molecule has 1 aliphatic heterocycles. The van der Waals surface area contributed by atoms with Crippen LogP contribution in [0.1, 0.15) is 34.0 Å². The molecule has 168 valence electrons. The lowest BCUT2D eigenvalue weighted by atomic mass is 10.0. The van der Waals surface area contributed by atoms with Crippen LogP contribution in [0.2, 0.25) is 0 Å². The fourth-order valence-electron chi connectivity index (χ4n) is 3.94. The van der Waals surface area contributed by atoms with Gasteiger partial charge in [-0.1, -0.05) is 42.5 Å². The minimum absolute atomic E-state index is 0.0541. The number of carbonyl (C=O) groups excluding carboxylic acids is 1.